The lowest BCUT2D eigenvalue weighted by Gasteiger charge is -2.32. The number of ether oxygens (including phenoxy) is 1. The molecule has 1 N–H and O–H groups in total. The fourth-order valence-electron chi connectivity index (χ4n) is 3.83. The average molecular weight is 290 g/mol. The van der Waals surface area contributed by atoms with Crippen LogP contribution in [0.15, 0.2) is 54.7 Å². The maximum atomic E-state index is 12.8. The van der Waals surface area contributed by atoms with E-state index < -0.39 is 5.72 Å². The highest BCUT2D eigenvalue weighted by molar-refractivity contribution is 6.01. The number of nitrogens with one attached hydrogen (secondary N) is 1. The molecular weight excluding hydrogens is 276 g/mol. The molecule has 0 saturated carbocycles. The van der Waals surface area contributed by atoms with Crippen molar-refractivity contribution in [3.8, 4) is 0 Å². The molecule has 5 rings (SSSR count). The number of aromatic nitrogens is 1. The smallest absolute Gasteiger partial charge is 0.257 e. The van der Waals surface area contributed by atoms with Gasteiger partial charge >= 0.3 is 0 Å². The third kappa shape index (κ3) is 1.24. The molecule has 22 heavy (non-hydrogen) atoms. The van der Waals surface area contributed by atoms with E-state index in [9.17, 15) is 4.79 Å². The first-order chi connectivity index (χ1) is 10.8. The molecule has 0 radical (unpaired) electrons. The molecule has 3 heterocycles. The van der Waals surface area contributed by atoms with Crippen molar-refractivity contribution in [2.24, 2.45) is 0 Å². The van der Waals surface area contributed by atoms with Crippen LogP contribution >= 0.6 is 0 Å². The second kappa shape index (κ2) is 3.99. The van der Waals surface area contributed by atoms with Gasteiger partial charge in [-0.2, -0.15) is 0 Å². The van der Waals surface area contributed by atoms with Crippen molar-refractivity contribution >= 4 is 16.8 Å². The second-order valence-electron chi connectivity index (χ2n) is 5.74. The van der Waals surface area contributed by atoms with Crippen LogP contribution in [0.5, 0.6) is 0 Å². The van der Waals surface area contributed by atoms with Gasteiger partial charge in [-0.05, 0) is 17.5 Å². The van der Waals surface area contributed by atoms with Crippen LogP contribution in [0.25, 0.3) is 10.9 Å². The van der Waals surface area contributed by atoms with E-state index in [0.29, 0.717) is 13.2 Å². The Morgan fingerprint density at radius 1 is 1.05 bits per heavy atom. The monoisotopic (exact) mass is 290 g/mol. The number of fused-ring (bicyclic) bond motifs is 4. The molecule has 1 amide bonds. The first-order valence-electron chi connectivity index (χ1n) is 7.44. The van der Waals surface area contributed by atoms with Crippen LogP contribution in [0.4, 0.5) is 0 Å². The van der Waals surface area contributed by atoms with Crippen molar-refractivity contribution in [3.05, 3.63) is 71.4 Å². The Hall–Kier alpha value is -2.59. The number of hydrogen-bond donors (Lipinski definition) is 1. The zero-order valence-corrected chi connectivity index (χ0v) is 11.9. The second-order valence-corrected chi connectivity index (χ2v) is 5.74. The minimum Gasteiger partial charge on any atom is -0.361 e. The molecule has 4 heteroatoms. The molecule has 0 spiro atoms. The number of carbonyl (C=O) groups is 1. The Morgan fingerprint density at radius 2 is 1.91 bits per heavy atom. The summed E-state index contributed by atoms with van der Waals surface area (Å²) >= 11 is 0. The van der Waals surface area contributed by atoms with Crippen LogP contribution in [-0.2, 0) is 10.5 Å². The molecule has 1 unspecified atom stereocenters. The van der Waals surface area contributed by atoms with Crippen LogP contribution in [0.3, 0.4) is 0 Å². The molecule has 108 valence electrons. The predicted molar refractivity (Wildman–Crippen MR) is 82.5 cm³/mol. The van der Waals surface area contributed by atoms with Gasteiger partial charge in [0.2, 0.25) is 0 Å². The number of para-hydroxylation sites is 1. The zero-order valence-electron chi connectivity index (χ0n) is 11.9. The van der Waals surface area contributed by atoms with E-state index in [2.05, 4.69) is 11.1 Å². The molecule has 2 aliphatic rings. The summed E-state index contributed by atoms with van der Waals surface area (Å²) in [4.78, 5) is 17.9. The summed E-state index contributed by atoms with van der Waals surface area (Å²) in [6, 6.07) is 15.9. The normalized spacial score (nSPS) is 23.1. The molecule has 4 nitrogen and oxygen atoms in total. The van der Waals surface area contributed by atoms with Gasteiger partial charge < -0.3 is 9.72 Å². The number of nitrogens with zero attached hydrogens (tertiary/aromatic N) is 1. The molecule has 2 aliphatic heterocycles. The van der Waals surface area contributed by atoms with E-state index in [0.717, 1.165) is 27.6 Å². The molecule has 0 bridgehead atoms. The molecule has 2 aromatic carbocycles. The molecule has 1 atom stereocenters. The Balaban J connectivity index is 1.89. The van der Waals surface area contributed by atoms with Crippen molar-refractivity contribution in [2.75, 3.05) is 13.2 Å². The summed E-state index contributed by atoms with van der Waals surface area (Å²) in [7, 11) is 0. The molecule has 3 aromatic rings. The van der Waals surface area contributed by atoms with E-state index in [-0.39, 0.29) is 5.91 Å². The summed E-state index contributed by atoms with van der Waals surface area (Å²) < 4.78 is 6.21. The summed E-state index contributed by atoms with van der Waals surface area (Å²) in [6.45, 7) is 1.17. The van der Waals surface area contributed by atoms with Gasteiger partial charge in [0.1, 0.15) is 0 Å². The number of rotatable bonds is 1. The van der Waals surface area contributed by atoms with Gasteiger partial charge in [-0.15, -0.1) is 0 Å². The highest BCUT2D eigenvalue weighted by atomic mass is 16.5. The number of benzene rings is 2. The van der Waals surface area contributed by atoms with Gasteiger partial charge in [-0.3, -0.25) is 9.69 Å². The third-order valence-electron chi connectivity index (χ3n) is 4.73. The number of aromatic amines is 1. The highest BCUT2D eigenvalue weighted by Crippen LogP contribution is 2.49. The summed E-state index contributed by atoms with van der Waals surface area (Å²) in [5, 5.41) is 1.12. The maximum Gasteiger partial charge on any atom is 0.257 e. The fourth-order valence-corrected chi connectivity index (χ4v) is 3.83. The molecule has 1 fully saturated rings. The van der Waals surface area contributed by atoms with Crippen molar-refractivity contribution in [3.63, 3.8) is 0 Å². The largest absolute Gasteiger partial charge is 0.361 e. The van der Waals surface area contributed by atoms with Crippen LogP contribution in [-0.4, -0.2) is 28.9 Å². The lowest BCUT2D eigenvalue weighted by molar-refractivity contribution is -0.0294. The minimum absolute atomic E-state index is 0.0525. The summed E-state index contributed by atoms with van der Waals surface area (Å²) in [5.41, 5.74) is 2.92. The van der Waals surface area contributed by atoms with E-state index >= 15 is 0 Å². The number of H-pyrrole nitrogens is 1. The van der Waals surface area contributed by atoms with Crippen molar-refractivity contribution < 1.29 is 9.53 Å². The predicted octanol–water partition coefficient (Wildman–Crippen LogP) is 2.86. The molecular formula is C18H14N2O2. The Bertz CT molecular complexity index is 914. The maximum absolute atomic E-state index is 12.8. The zero-order chi connectivity index (χ0) is 14.7. The van der Waals surface area contributed by atoms with E-state index in [1.165, 1.54) is 0 Å². The van der Waals surface area contributed by atoms with Crippen LogP contribution in [0, 0.1) is 0 Å². The van der Waals surface area contributed by atoms with Gasteiger partial charge in [-0.1, -0.05) is 36.4 Å². The first-order valence-corrected chi connectivity index (χ1v) is 7.44. The Morgan fingerprint density at radius 3 is 2.86 bits per heavy atom. The average Bonchev–Trinajstić information content (AvgIpc) is 3.24. The van der Waals surface area contributed by atoms with Gasteiger partial charge in [0, 0.05) is 29.4 Å². The van der Waals surface area contributed by atoms with Gasteiger partial charge in [0.05, 0.1) is 12.1 Å². The molecule has 1 saturated heterocycles. The van der Waals surface area contributed by atoms with Crippen LogP contribution in [0.2, 0.25) is 0 Å². The van der Waals surface area contributed by atoms with Crippen molar-refractivity contribution in [1.82, 2.24) is 9.88 Å². The first kappa shape index (κ1) is 12.0. The molecule has 1 aromatic heterocycles. The number of amides is 1. The third-order valence-corrected chi connectivity index (χ3v) is 4.73. The van der Waals surface area contributed by atoms with E-state index in [1.807, 2.05) is 53.6 Å². The van der Waals surface area contributed by atoms with E-state index in [1.54, 1.807) is 0 Å². The standard InChI is InChI=1S/C18H14N2O2/c21-17-13-5-1-2-6-14(13)18(20(17)10-11-22-18)15-7-3-4-12-8-9-19-16(12)15/h1-9,19H,10-11H2. The number of carbonyl (C=O) groups excluding carboxylic acids is 1. The minimum atomic E-state index is -0.794. The Labute approximate surface area is 127 Å². The van der Waals surface area contributed by atoms with Crippen molar-refractivity contribution in [1.29, 1.82) is 0 Å². The SMILES string of the molecule is O=C1c2ccccc2C2(c3cccc4cc[nH]c34)OCCN12. The summed E-state index contributed by atoms with van der Waals surface area (Å²) in [5.74, 6) is 0.0525. The summed E-state index contributed by atoms with van der Waals surface area (Å²) in [6.07, 6.45) is 1.92. The Kier molecular flexibility index (Phi) is 2.18. The quantitative estimate of drug-likeness (QED) is 0.749. The molecule has 0 aliphatic carbocycles. The topological polar surface area (TPSA) is 45.3 Å². The van der Waals surface area contributed by atoms with Crippen LogP contribution < -0.4 is 0 Å². The highest BCUT2D eigenvalue weighted by Gasteiger charge is 2.55. The van der Waals surface area contributed by atoms with Crippen molar-refractivity contribution in [2.45, 2.75) is 5.72 Å². The van der Waals surface area contributed by atoms with E-state index in [4.69, 9.17) is 4.74 Å². The lowest BCUT2D eigenvalue weighted by atomic mass is 9.92. The van der Waals surface area contributed by atoms with Gasteiger partial charge in [0.25, 0.3) is 5.91 Å². The lowest BCUT2D eigenvalue weighted by Crippen LogP contribution is -2.40. The van der Waals surface area contributed by atoms with Gasteiger partial charge in [-0.25, -0.2) is 0 Å². The van der Waals surface area contributed by atoms with Crippen LogP contribution in [0.1, 0.15) is 21.5 Å². The number of hydrogen-bond acceptors (Lipinski definition) is 2. The van der Waals surface area contributed by atoms with Gasteiger partial charge in [0.15, 0.2) is 5.72 Å². The fraction of sp³-hybridized carbons (Fsp3) is 0.167.